The molecule has 2 unspecified atom stereocenters. The Hall–Kier alpha value is -2.26. The first-order valence-corrected chi connectivity index (χ1v) is 9.35. The lowest BCUT2D eigenvalue weighted by atomic mass is 9.90. The Labute approximate surface area is 154 Å². The minimum Gasteiger partial charge on any atom is -0.493 e. The van der Waals surface area contributed by atoms with Crippen molar-refractivity contribution in [1.82, 2.24) is 4.90 Å². The Morgan fingerprint density at radius 2 is 2.19 bits per heavy atom. The highest BCUT2D eigenvalue weighted by Gasteiger charge is 2.36. The van der Waals surface area contributed by atoms with Gasteiger partial charge in [-0.2, -0.15) is 5.26 Å². The highest BCUT2D eigenvalue weighted by Crippen LogP contribution is 2.30. The van der Waals surface area contributed by atoms with E-state index in [9.17, 15) is 4.79 Å². The SMILES string of the molecule is COc1cc(C#N)ccc1OCCCC(=O)N1CCOC2CCCCC21. The normalized spacial score (nSPS) is 22.2. The number of fused-ring (bicyclic) bond motifs is 1. The molecule has 26 heavy (non-hydrogen) atoms. The van der Waals surface area contributed by atoms with Crippen molar-refractivity contribution in [2.24, 2.45) is 0 Å². The smallest absolute Gasteiger partial charge is 0.223 e. The van der Waals surface area contributed by atoms with Crippen molar-refractivity contribution in [2.75, 3.05) is 26.9 Å². The number of amides is 1. The van der Waals surface area contributed by atoms with Crippen molar-refractivity contribution < 1.29 is 19.0 Å². The van der Waals surface area contributed by atoms with E-state index in [1.165, 1.54) is 12.8 Å². The molecule has 6 nitrogen and oxygen atoms in total. The van der Waals surface area contributed by atoms with E-state index in [4.69, 9.17) is 19.5 Å². The summed E-state index contributed by atoms with van der Waals surface area (Å²) < 4.78 is 16.8. The molecule has 0 radical (unpaired) electrons. The first kappa shape index (κ1) is 18.5. The molecule has 1 saturated heterocycles. The molecule has 3 rings (SSSR count). The van der Waals surface area contributed by atoms with Gasteiger partial charge in [-0.3, -0.25) is 4.79 Å². The second-order valence-corrected chi connectivity index (χ2v) is 6.78. The predicted molar refractivity (Wildman–Crippen MR) is 96.1 cm³/mol. The summed E-state index contributed by atoms with van der Waals surface area (Å²) in [5.74, 6) is 1.33. The molecule has 2 aliphatic rings. The number of hydrogen-bond acceptors (Lipinski definition) is 5. The average molecular weight is 358 g/mol. The number of benzene rings is 1. The molecule has 0 bridgehead atoms. The van der Waals surface area contributed by atoms with Gasteiger partial charge in [0.25, 0.3) is 0 Å². The number of ether oxygens (including phenoxy) is 3. The summed E-state index contributed by atoms with van der Waals surface area (Å²) in [5, 5.41) is 8.93. The van der Waals surface area contributed by atoms with Crippen LogP contribution in [0.2, 0.25) is 0 Å². The molecule has 1 aliphatic carbocycles. The van der Waals surface area contributed by atoms with Crippen LogP contribution < -0.4 is 9.47 Å². The number of nitriles is 1. The molecule has 2 fully saturated rings. The lowest BCUT2D eigenvalue weighted by Gasteiger charge is -2.43. The third-order valence-electron chi connectivity index (χ3n) is 5.14. The Kier molecular flexibility index (Phi) is 6.35. The van der Waals surface area contributed by atoms with E-state index in [0.717, 1.165) is 12.8 Å². The van der Waals surface area contributed by atoms with Crippen LogP contribution in [0, 0.1) is 11.3 Å². The lowest BCUT2D eigenvalue weighted by Crippen LogP contribution is -2.54. The summed E-state index contributed by atoms with van der Waals surface area (Å²) in [5.41, 5.74) is 0.527. The van der Waals surface area contributed by atoms with Gasteiger partial charge >= 0.3 is 0 Å². The van der Waals surface area contributed by atoms with Crippen LogP contribution in [-0.4, -0.2) is 49.8 Å². The van der Waals surface area contributed by atoms with Crippen LogP contribution >= 0.6 is 0 Å². The van der Waals surface area contributed by atoms with Crippen molar-refractivity contribution in [2.45, 2.75) is 50.7 Å². The van der Waals surface area contributed by atoms with E-state index in [1.807, 2.05) is 4.90 Å². The Balaban J connectivity index is 1.47. The van der Waals surface area contributed by atoms with Gasteiger partial charge in [-0.1, -0.05) is 12.8 Å². The second-order valence-electron chi connectivity index (χ2n) is 6.78. The zero-order valence-electron chi connectivity index (χ0n) is 15.3. The van der Waals surface area contributed by atoms with E-state index in [2.05, 4.69) is 6.07 Å². The molecule has 140 valence electrons. The minimum absolute atomic E-state index is 0.195. The molecule has 2 atom stereocenters. The van der Waals surface area contributed by atoms with Crippen LogP contribution in [0.4, 0.5) is 0 Å². The average Bonchev–Trinajstić information content (AvgIpc) is 2.70. The molecule has 1 aromatic carbocycles. The highest BCUT2D eigenvalue weighted by molar-refractivity contribution is 5.76. The van der Waals surface area contributed by atoms with E-state index in [-0.39, 0.29) is 18.1 Å². The van der Waals surface area contributed by atoms with E-state index in [0.29, 0.717) is 49.7 Å². The molecule has 0 aromatic heterocycles. The predicted octanol–water partition coefficient (Wildman–Crippen LogP) is 2.90. The van der Waals surface area contributed by atoms with Crippen LogP contribution in [0.25, 0.3) is 0 Å². The molecule has 1 heterocycles. The van der Waals surface area contributed by atoms with Crippen molar-refractivity contribution in [1.29, 1.82) is 5.26 Å². The largest absolute Gasteiger partial charge is 0.493 e. The van der Waals surface area contributed by atoms with Gasteiger partial charge < -0.3 is 19.1 Å². The number of hydrogen-bond donors (Lipinski definition) is 0. The van der Waals surface area contributed by atoms with Gasteiger partial charge in [-0.05, 0) is 31.4 Å². The molecular formula is C20H26N2O4. The molecule has 0 N–H and O–H groups in total. The summed E-state index contributed by atoms with van der Waals surface area (Å²) in [6.07, 6.45) is 5.84. The minimum atomic E-state index is 0.195. The fraction of sp³-hybridized carbons (Fsp3) is 0.600. The molecule has 1 amide bonds. The summed E-state index contributed by atoms with van der Waals surface area (Å²) in [6, 6.07) is 7.40. The first-order chi connectivity index (χ1) is 12.7. The number of carbonyl (C=O) groups is 1. The van der Waals surface area contributed by atoms with Crippen molar-refractivity contribution >= 4 is 5.91 Å². The molecule has 6 heteroatoms. The fourth-order valence-electron chi connectivity index (χ4n) is 3.81. The van der Waals surface area contributed by atoms with Crippen molar-refractivity contribution in [3.8, 4) is 17.6 Å². The second kappa shape index (κ2) is 8.91. The Bertz CT molecular complexity index is 668. The maximum absolute atomic E-state index is 12.6. The van der Waals surface area contributed by atoms with E-state index < -0.39 is 0 Å². The summed E-state index contributed by atoms with van der Waals surface area (Å²) in [4.78, 5) is 14.6. The number of nitrogens with zero attached hydrogens (tertiary/aromatic N) is 2. The zero-order valence-corrected chi connectivity index (χ0v) is 15.3. The van der Waals surface area contributed by atoms with Crippen LogP contribution in [0.5, 0.6) is 11.5 Å². The van der Waals surface area contributed by atoms with Gasteiger partial charge in [-0.25, -0.2) is 0 Å². The highest BCUT2D eigenvalue weighted by atomic mass is 16.5. The Morgan fingerprint density at radius 1 is 1.35 bits per heavy atom. The van der Waals surface area contributed by atoms with Crippen LogP contribution in [-0.2, 0) is 9.53 Å². The first-order valence-electron chi connectivity index (χ1n) is 9.35. The van der Waals surface area contributed by atoms with Crippen LogP contribution in [0.3, 0.4) is 0 Å². The molecule has 0 spiro atoms. The van der Waals surface area contributed by atoms with E-state index in [1.54, 1.807) is 25.3 Å². The number of rotatable bonds is 6. The van der Waals surface area contributed by atoms with Gasteiger partial charge in [0.2, 0.25) is 5.91 Å². The van der Waals surface area contributed by atoms with Gasteiger partial charge in [0, 0.05) is 19.0 Å². The standard InChI is InChI=1S/C20H26N2O4/c1-24-19-13-15(14-21)8-9-18(19)25-11-4-7-20(23)22-10-12-26-17-6-3-2-5-16(17)22/h8-9,13,16-17H,2-7,10-12H2,1H3. The topological polar surface area (TPSA) is 71.8 Å². The molecule has 1 saturated carbocycles. The summed E-state index contributed by atoms with van der Waals surface area (Å²) >= 11 is 0. The summed E-state index contributed by atoms with van der Waals surface area (Å²) in [7, 11) is 1.55. The summed E-state index contributed by atoms with van der Waals surface area (Å²) in [6.45, 7) is 1.78. The third-order valence-corrected chi connectivity index (χ3v) is 5.14. The molecular weight excluding hydrogens is 332 g/mol. The van der Waals surface area contributed by atoms with Crippen molar-refractivity contribution in [3.05, 3.63) is 23.8 Å². The number of carbonyl (C=O) groups excluding carboxylic acids is 1. The zero-order chi connectivity index (χ0) is 18.4. The lowest BCUT2D eigenvalue weighted by molar-refractivity contribution is -0.149. The van der Waals surface area contributed by atoms with Gasteiger partial charge in [0.1, 0.15) is 0 Å². The van der Waals surface area contributed by atoms with Crippen LogP contribution in [0.15, 0.2) is 18.2 Å². The Morgan fingerprint density at radius 3 is 3.00 bits per heavy atom. The quantitative estimate of drug-likeness (QED) is 0.731. The maximum Gasteiger partial charge on any atom is 0.223 e. The third kappa shape index (κ3) is 4.28. The van der Waals surface area contributed by atoms with Gasteiger partial charge in [-0.15, -0.1) is 0 Å². The molecule has 1 aromatic rings. The number of morpholine rings is 1. The van der Waals surface area contributed by atoms with E-state index >= 15 is 0 Å². The van der Waals surface area contributed by atoms with Gasteiger partial charge in [0.15, 0.2) is 11.5 Å². The van der Waals surface area contributed by atoms with Crippen molar-refractivity contribution in [3.63, 3.8) is 0 Å². The monoisotopic (exact) mass is 358 g/mol. The number of methoxy groups -OCH3 is 1. The van der Waals surface area contributed by atoms with Gasteiger partial charge in [0.05, 0.1) is 44.1 Å². The fourth-order valence-corrected chi connectivity index (χ4v) is 3.81. The van der Waals surface area contributed by atoms with Crippen LogP contribution in [0.1, 0.15) is 44.1 Å². The maximum atomic E-state index is 12.6. The molecule has 1 aliphatic heterocycles.